The lowest BCUT2D eigenvalue weighted by Crippen LogP contribution is -2.35. The van der Waals surface area contributed by atoms with Gasteiger partial charge in [-0.25, -0.2) is 0 Å². The van der Waals surface area contributed by atoms with Gasteiger partial charge in [-0.05, 0) is 37.3 Å². The molecule has 1 saturated heterocycles. The molecule has 2 aliphatic rings. The minimum atomic E-state index is 0.352. The van der Waals surface area contributed by atoms with Gasteiger partial charge in [-0.1, -0.05) is 19.3 Å². The second kappa shape index (κ2) is 5.06. The van der Waals surface area contributed by atoms with Crippen molar-refractivity contribution >= 4 is 0 Å². The number of rotatable bonds is 3. The molecule has 3 rings (SSSR count). The van der Waals surface area contributed by atoms with Crippen LogP contribution in [0.15, 0.2) is 23.0 Å². The Hall–Kier alpha value is -0.800. The molecule has 1 spiro atoms. The van der Waals surface area contributed by atoms with E-state index in [1.54, 1.807) is 6.26 Å². The maximum atomic E-state index is 5.98. The quantitative estimate of drug-likeness (QED) is 0.894. The van der Waals surface area contributed by atoms with Crippen molar-refractivity contribution in [2.24, 2.45) is 11.1 Å². The first-order chi connectivity index (χ1) is 8.83. The van der Waals surface area contributed by atoms with E-state index in [1.165, 1.54) is 57.2 Å². The molecule has 1 saturated carbocycles. The van der Waals surface area contributed by atoms with E-state index in [2.05, 4.69) is 11.0 Å². The van der Waals surface area contributed by atoms with E-state index < -0.39 is 0 Å². The Balaban J connectivity index is 1.70. The van der Waals surface area contributed by atoms with Gasteiger partial charge in [-0.15, -0.1) is 0 Å². The highest BCUT2D eigenvalue weighted by Crippen LogP contribution is 2.45. The van der Waals surface area contributed by atoms with Crippen molar-refractivity contribution in [2.75, 3.05) is 19.6 Å². The van der Waals surface area contributed by atoms with Crippen LogP contribution in [0.4, 0.5) is 0 Å². The lowest BCUT2D eigenvalue weighted by Gasteiger charge is -2.34. The van der Waals surface area contributed by atoms with Crippen LogP contribution in [0.2, 0.25) is 0 Å². The first-order valence-corrected chi connectivity index (χ1v) is 7.29. The van der Waals surface area contributed by atoms with E-state index in [4.69, 9.17) is 10.2 Å². The van der Waals surface area contributed by atoms with E-state index in [-0.39, 0.29) is 0 Å². The van der Waals surface area contributed by atoms with E-state index in [0.717, 1.165) is 0 Å². The molecule has 0 radical (unpaired) electrons. The summed E-state index contributed by atoms with van der Waals surface area (Å²) in [6, 6.07) is 2.41. The van der Waals surface area contributed by atoms with Crippen molar-refractivity contribution in [1.29, 1.82) is 0 Å². The molecule has 1 atom stereocenters. The molecular formula is C15H24N2O. The smallest absolute Gasteiger partial charge is 0.0950 e. The molecule has 1 aromatic rings. The molecule has 2 N–H and O–H groups in total. The van der Waals surface area contributed by atoms with Crippen LogP contribution in [0.3, 0.4) is 0 Å². The van der Waals surface area contributed by atoms with Gasteiger partial charge in [-0.2, -0.15) is 0 Å². The molecule has 3 heteroatoms. The van der Waals surface area contributed by atoms with E-state index >= 15 is 0 Å². The van der Waals surface area contributed by atoms with Crippen LogP contribution in [0.1, 0.15) is 50.1 Å². The van der Waals surface area contributed by atoms with Crippen LogP contribution in [0.25, 0.3) is 0 Å². The summed E-state index contributed by atoms with van der Waals surface area (Å²) in [6.45, 7) is 3.13. The minimum Gasteiger partial charge on any atom is -0.472 e. The maximum Gasteiger partial charge on any atom is 0.0950 e. The predicted octanol–water partition coefficient (Wildman–Crippen LogP) is 2.94. The molecule has 0 aromatic carbocycles. The second-order valence-electron chi connectivity index (χ2n) is 6.09. The van der Waals surface area contributed by atoms with Gasteiger partial charge in [0.25, 0.3) is 0 Å². The molecule has 0 bridgehead atoms. The normalized spacial score (nSPS) is 25.6. The van der Waals surface area contributed by atoms with Gasteiger partial charge in [0.05, 0.1) is 18.6 Å². The van der Waals surface area contributed by atoms with Crippen LogP contribution in [-0.2, 0) is 0 Å². The van der Waals surface area contributed by atoms with Crippen molar-refractivity contribution < 1.29 is 4.42 Å². The SMILES string of the molecule is NCC(c1ccoc1)N1CCC2(CCCCC2)C1. The van der Waals surface area contributed by atoms with Gasteiger partial charge < -0.3 is 10.2 Å². The fraction of sp³-hybridized carbons (Fsp3) is 0.733. The maximum absolute atomic E-state index is 5.98. The Kier molecular flexibility index (Phi) is 3.44. The lowest BCUT2D eigenvalue weighted by molar-refractivity contribution is 0.163. The Bertz CT molecular complexity index is 368. The standard InChI is InChI=1S/C15H24N2O/c16-10-14(13-4-9-18-11-13)17-8-7-15(12-17)5-2-1-3-6-15/h4,9,11,14H,1-3,5-8,10,12,16H2. The van der Waals surface area contributed by atoms with Crippen molar-refractivity contribution in [3.63, 3.8) is 0 Å². The van der Waals surface area contributed by atoms with Crippen LogP contribution in [0.5, 0.6) is 0 Å². The van der Waals surface area contributed by atoms with Crippen LogP contribution >= 0.6 is 0 Å². The lowest BCUT2D eigenvalue weighted by atomic mass is 9.73. The molecule has 1 unspecified atom stereocenters. The van der Waals surface area contributed by atoms with Gasteiger partial charge in [0, 0.05) is 18.7 Å². The summed E-state index contributed by atoms with van der Waals surface area (Å²) >= 11 is 0. The molecule has 3 nitrogen and oxygen atoms in total. The van der Waals surface area contributed by atoms with Gasteiger partial charge >= 0.3 is 0 Å². The van der Waals surface area contributed by atoms with Crippen LogP contribution in [0, 0.1) is 5.41 Å². The Morgan fingerprint density at radius 1 is 1.28 bits per heavy atom. The summed E-state index contributed by atoms with van der Waals surface area (Å²) in [5.41, 5.74) is 7.83. The van der Waals surface area contributed by atoms with Gasteiger partial charge in [0.2, 0.25) is 0 Å². The molecule has 0 amide bonds. The van der Waals surface area contributed by atoms with E-state index in [9.17, 15) is 0 Å². The summed E-state index contributed by atoms with van der Waals surface area (Å²) in [4.78, 5) is 2.58. The number of nitrogens with zero attached hydrogens (tertiary/aromatic N) is 1. The second-order valence-corrected chi connectivity index (χ2v) is 6.09. The average Bonchev–Trinajstić information content (AvgIpc) is 3.03. The largest absolute Gasteiger partial charge is 0.472 e. The number of likely N-dealkylation sites (tertiary alicyclic amines) is 1. The van der Waals surface area contributed by atoms with Gasteiger partial charge in [-0.3, -0.25) is 4.90 Å². The highest BCUT2D eigenvalue weighted by Gasteiger charge is 2.40. The van der Waals surface area contributed by atoms with Gasteiger partial charge in [0.15, 0.2) is 0 Å². The number of nitrogens with two attached hydrogens (primary N) is 1. The highest BCUT2D eigenvalue weighted by molar-refractivity contribution is 5.13. The molecule has 2 fully saturated rings. The summed E-state index contributed by atoms with van der Waals surface area (Å²) < 4.78 is 5.21. The summed E-state index contributed by atoms with van der Waals surface area (Å²) in [7, 11) is 0. The molecule has 1 aromatic heterocycles. The molecule has 1 aliphatic heterocycles. The van der Waals surface area contributed by atoms with Crippen molar-refractivity contribution in [2.45, 2.75) is 44.6 Å². The first-order valence-electron chi connectivity index (χ1n) is 7.29. The fourth-order valence-corrected chi connectivity index (χ4v) is 3.91. The Morgan fingerprint density at radius 3 is 2.78 bits per heavy atom. The topological polar surface area (TPSA) is 42.4 Å². The van der Waals surface area contributed by atoms with Gasteiger partial charge in [0.1, 0.15) is 0 Å². The number of hydrogen-bond acceptors (Lipinski definition) is 3. The first kappa shape index (κ1) is 12.2. The molecule has 1 aliphatic carbocycles. The monoisotopic (exact) mass is 248 g/mol. The van der Waals surface area contributed by atoms with Crippen LogP contribution in [-0.4, -0.2) is 24.5 Å². The average molecular weight is 248 g/mol. The third-order valence-corrected chi connectivity index (χ3v) is 4.97. The predicted molar refractivity (Wildman–Crippen MR) is 72.2 cm³/mol. The third kappa shape index (κ3) is 2.21. The zero-order valence-electron chi connectivity index (χ0n) is 11.1. The van der Waals surface area contributed by atoms with Crippen molar-refractivity contribution in [3.05, 3.63) is 24.2 Å². The zero-order chi connectivity index (χ0) is 12.4. The number of hydrogen-bond donors (Lipinski definition) is 1. The zero-order valence-corrected chi connectivity index (χ0v) is 11.1. The third-order valence-electron chi connectivity index (χ3n) is 4.97. The number of furan rings is 1. The summed E-state index contributed by atoms with van der Waals surface area (Å²) in [5.74, 6) is 0. The fourth-order valence-electron chi connectivity index (χ4n) is 3.91. The summed E-state index contributed by atoms with van der Waals surface area (Å²) in [5, 5.41) is 0. The minimum absolute atomic E-state index is 0.352. The Morgan fingerprint density at radius 2 is 2.11 bits per heavy atom. The van der Waals surface area contributed by atoms with Crippen LogP contribution < -0.4 is 5.73 Å². The highest BCUT2D eigenvalue weighted by atomic mass is 16.3. The molecule has 100 valence electrons. The van der Waals surface area contributed by atoms with Crippen molar-refractivity contribution in [1.82, 2.24) is 4.90 Å². The van der Waals surface area contributed by atoms with E-state index in [0.29, 0.717) is 18.0 Å². The van der Waals surface area contributed by atoms with Crippen molar-refractivity contribution in [3.8, 4) is 0 Å². The summed E-state index contributed by atoms with van der Waals surface area (Å²) in [6.07, 6.45) is 12.1. The molecule has 18 heavy (non-hydrogen) atoms. The Labute approximate surface area is 109 Å². The van der Waals surface area contributed by atoms with E-state index in [1.807, 2.05) is 6.26 Å². The molecule has 2 heterocycles. The molecular weight excluding hydrogens is 224 g/mol.